The van der Waals surface area contributed by atoms with E-state index in [-0.39, 0.29) is 18.0 Å². The van der Waals surface area contributed by atoms with Crippen molar-refractivity contribution >= 4 is 23.7 Å². The molecular formula is C35H49N5O4. The van der Waals surface area contributed by atoms with E-state index >= 15 is 0 Å². The van der Waals surface area contributed by atoms with Gasteiger partial charge >= 0.3 is 12.1 Å². The molecule has 238 valence electrons. The van der Waals surface area contributed by atoms with E-state index in [0.29, 0.717) is 58.0 Å². The van der Waals surface area contributed by atoms with Gasteiger partial charge in [-0.3, -0.25) is 4.79 Å². The monoisotopic (exact) mass is 603 g/mol. The average Bonchev–Trinajstić information content (AvgIpc) is 3.22. The molecule has 0 saturated carbocycles. The molecule has 5 rings (SSSR count). The number of hydrogen-bond acceptors (Lipinski definition) is 5. The Kier molecular flexibility index (Phi) is 10.5. The summed E-state index contributed by atoms with van der Waals surface area (Å²) in [6.07, 6.45) is 4.89. The maximum Gasteiger partial charge on any atom is 0.410 e. The van der Waals surface area contributed by atoms with Gasteiger partial charge < -0.3 is 29.7 Å². The number of rotatable bonds is 8. The minimum Gasteiger partial charge on any atom is -0.436 e. The number of nitrogens with zero attached hydrogens (tertiary/aromatic N) is 4. The Morgan fingerprint density at radius 3 is 2.27 bits per heavy atom. The number of para-hydroxylation sites is 1. The van der Waals surface area contributed by atoms with Crippen molar-refractivity contribution in [2.24, 2.45) is 0 Å². The van der Waals surface area contributed by atoms with Gasteiger partial charge in [0, 0.05) is 56.9 Å². The van der Waals surface area contributed by atoms with Crippen LogP contribution in [-0.4, -0.2) is 103 Å². The number of nitrogens with one attached hydrogen (secondary N) is 1. The SMILES string of the molecule is CCc1ccc(CC(OC(=O)N2CCC(N3CCc4ccccc4NC3=O)CC2)C(=O)N2CCC(N(C)C)CC2)cc1CC. The molecule has 2 fully saturated rings. The molecule has 2 aromatic carbocycles. The predicted molar refractivity (Wildman–Crippen MR) is 173 cm³/mol. The highest BCUT2D eigenvalue weighted by Gasteiger charge is 2.35. The zero-order chi connectivity index (χ0) is 31.2. The molecule has 3 heterocycles. The molecule has 1 unspecified atom stereocenters. The smallest absolute Gasteiger partial charge is 0.410 e. The summed E-state index contributed by atoms with van der Waals surface area (Å²) in [6.45, 7) is 7.25. The van der Waals surface area contributed by atoms with Crippen LogP contribution in [0.25, 0.3) is 0 Å². The summed E-state index contributed by atoms with van der Waals surface area (Å²) in [4.78, 5) is 48.2. The van der Waals surface area contributed by atoms with Gasteiger partial charge in [-0.15, -0.1) is 0 Å². The number of carbonyl (C=O) groups is 3. The van der Waals surface area contributed by atoms with Crippen LogP contribution in [0.5, 0.6) is 0 Å². The van der Waals surface area contributed by atoms with E-state index in [0.717, 1.165) is 48.9 Å². The van der Waals surface area contributed by atoms with E-state index in [2.05, 4.69) is 62.4 Å². The fraction of sp³-hybridized carbons (Fsp3) is 0.571. The van der Waals surface area contributed by atoms with Crippen molar-refractivity contribution in [1.82, 2.24) is 19.6 Å². The Bertz CT molecular complexity index is 1310. The molecular weight excluding hydrogens is 554 g/mol. The number of benzene rings is 2. The number of carbonyl (C=O) groups excluding carboxylic acids is 3. The molecule has 0 spiro atoms. The molecule has 4 amide bonds. The largest absolute Gasteiger partial charge is 0.436 e. The molecule has 0 radical (unpaired) electrons. The van der Waals surface area contributed by atoms with Gasteiger partial charge in [-0.1, -0.05) is 50.2 Å². The minimum absolute atomic E-state index is 0.0494. The zero-order valence-corrected chi connectivity index (χ0v) is 26.9. The number of urea groups is 1. The maximum absolute atomic E-state index is 13.9. The molecule has 3 aliphatic rings. The molecule has 9 nitrogen and oxygen atoms in total. The van der Waals surface area contributed by atoms with Crippen molar-refractivity contribution in [1.29, 1.82) is 0 Å². The van der Waals surface area contributed by atoms with Crippen LogP contribution in [-0.2, 0) is 35.2 Å². The Morgan fingerprint density at radius 1 is 0.909 bits per heavy atom. The fourth-order valence-corrected chi connectivity index (χ4v) is 6.97. The molecule has 2 saturated heterocycles. The van der Waals surface area contributed by atoms with Crippen molar-refractivity contribution in [3.05, 3.63) is 64.7 Å². The molecule has 1 N–H and O–H groups in total. The number of piperidine rings is 2. The van der Waals surface area contributed by atoms with E-state index in [9.17, 15) is 14.4 Å². The summed E-state index contributed by atoms with van der Waals surface area (Å²) in [7, 11) is 4.17. The summed E-state index contributed by atoms with van der Waals surface area (Å²) in [5, 5.41) is 3.06. The number of hydrogen-bond donors (Lipinski definition) is 1. The normalized spacial score (nSPS) is 18.9. The van der Waals surface area contributed by atoms with Crippen molar-refractivity contribution in [3.63, 3.8) is 0 Å². The number of aryl methyl sites for hydroxylation is 2. The number of anilines is 1. The topological polar surface area (TPSA) is 85.4 Å². The molecule has 9 heteroatoms. The number of likely N-dealkylation sites (tertiary alicyclic amines) is 2. The zero-order valence-electron chi connectivity index (χ0n) is 26.9. The lowest BCUT2D eigenvalue weighted by Crippen LogP contribution is -2.52. The second-order valence-electron chi connectivity index (χ2n) is 12.7. The lowest BCUT2D eigenvalue weighted by Gasteiger charge is -2.39. The van der Waals surface area contributed by atoms with Crippen LogP contribution in [0.1, 0.15) is 61.8 Å². The third-order valence-corrected chi connectivity index (χ3v) is 9.78. The molecule has 0 aliphatic carbocycles. The van der Waals surface area contributed by atoms with Crippen molar-refractivity contribution in [3.8, 4) is 0 Å². The summed E-state index contributed by atoms with van der Waals surface area (Å²) >= 11 is 0. The first-order chi connectivity index (χ1) is 21.3. The van der Waals surface area contributed by atoms with Crippen molar-refractivity contribution in [2.45, 2.75) is 83.4 Å². The van der Waals surface area contributed by atoms with Gasteiger partial charge in [0.2, 0.25) is 0 Å². The highest BCUT2D eigenvalue weighted by Crippen LogP contribution is 2.26. The fourth-order valence-electron chi connectivity index (χ4n) is 6.97. The van der Waals surface area contributed by atoms with Crippen LogP contribution >= 0.6 is 0 Å². The highest BCUT2D eigenvalue weighted by atomic mass is 16.6. The van der Waals surface area contributed by atoms with E-state index < -0.39 is 12.2 Å². The van der Waals surface area contributed by atoms with Crippen molar-refractivity contribution in [2.75, 3.05) is 52.1 Å². The first-order valence-electron chi connectivity index (χ1n) is 16.4. The van der Waals surface area contributed by atoms with Crippen LogP contribution in [0.2, 0.25) is 0 Å². The molecule has 0 bridgehead atoms. The van der Waals surface area contributed by atoms with Gasteiger partial charge in [0.25, 0.3) is 5.91 Å². The lowest BCUT2D eigenvalue weighted by molar-refractivity contribution is -0.142. The Morgan fingerprint density at radius 2 is 1.59 bits per heavy atom. The van der Waals surface area contributed by atoms with Crippen LogP contribution in [0.15, 0.2) is 42.5 Å². The van der Waals surface area contributed by atoms with Gasteiger partial charge in [-0.25, -0.2) is 9.59 Å². The second-order valence-corrected chi connectivity index (χ2v) is 12.7. The predicted octanol–water partition coefficient (Wildman–Crippen LogP) is 4.97. The van der Waals surface area contributed by atoms with Gasteiger partial charge in [0.05, 0.1) is 0 Å². The van der Waals surface area contributed by atoms with E-state index in [1.165, 1.54) is 11.1 Å². The Balaban J connectivity index is 1.23. The Labute approximate surface area is 262 Å². The molecule has 1 atom stereocenters. The van der Waals surface area contributed by atoms with Crippen LogP contribution in [0, 0.1) is 0 Å². The van der Waals surface area contributed by atoms with E-state index in [1.54, 1.807) is 4.90 Å². The van der Waals surface area contributed by atoms with Gasteiger partial charge in [-0.2, -0.15) is 0 Å². The third kappa shape index (κ3) is 7.37. The highest BCUT2D eigenvalue weighted by molar-refractivity contribution is 5.91. The standard InChI is InChI=1S/C35H49N5O4/c1-5-26-12-11-25(23-27(26)6-2)24-32(33(41)38-18-14-29(15-19-38)37(3)4)44-35(43)39-20-16-30(17-21-39)40-22-13-28-9-7-8-10-31(28)36-34(40)42/h7-12,23,29-30,32H,5-6,13-22,24H2,1-4H3,(H,36,42). The van der Waals surface area contributed by atoms with E-state index in [4.69, 9.17) is 4.74 Å². The quantitative estimate of drug-likeness (QED) is 0.461. The van der Waals surface area contributed by atoms with Gasteiger partial charge in [0.1, 0.15) is 0 Å². The third-order valence-electron chi connectivity index (χ3n) is 9.78. The summed E-state index contributed by atoms with van der Waals surface area (Å²) in [5.41, 5.74) is 5.61. The number of fused-ring (bicyclic) bond motifs is 1. The minimum atomic E-state index is -0.872. The second kappa shape index (κ2) is 14.5. The first-order valence-corrected chi connectivity index (χ1v) is 16.4. The first kappa shape index (κ1) is 31.8. The molecule has 0 aromatic heterocycles. The summed E-state index contributed by atoms with van der Waals surface area (Å²) < 4.78 is 6.07. The number of ether oxygens (including phenoxy) is 1. The van der Waals surface area contributed by atoms with Gasteiger partial charge in [-0.05, 0) is 87.4 Å². The average molecular weight is 604 g/mol. The maximum atomic E-state index is 13.9. The van der Waals surface area contributed by atoms with Crippen molar-refractivity contribution < 1.29 is 19.1 Å². The Hall–Kier alpha value is -3.59. The summed E-state index contributed by atoms with van der Waals surface area (Å²) in [5.74, 6) is -0.108. The van der Waals surface area contributed by atoms with Crippen LogP contribution < -0.4 is 5.32 Å². The molecule has 3 aliphatic heterocycles. The lowest BCUT2D eigenvalue weighted by atomic mass is 9.96. The molecule has 44 heavy (non-hydrogen) atoms. The summed E-state index contributed by atoms with van der Waals surface area (Å²) in [6, 6.07) is 14.7. The van der Waals surface area contributed by atoms with Crippen LogP contribution in [0.3, 0.4) is 0 Å². The van der Waals surface area contributed by atoms with Gasteiger partial charge in [0.15, 0.2) is 6.10 Å². The molecule has 2 aromatic rings. The van der Waals surface area contributed by atoms with E-state index in [1.807, 2.05) is 28.0 Å². The number of amides is 4. The van der Waals surface area contributed by atoms with Crippen LogP contribution in [0.4, 0.5) is 15.3 Å².